The Balaban J connectivity index is 2.11. The molecule has 1 heterocycles. The van der Waals surface area contributed by atoms with Gasteiger partial charge in [-0.15, -0.1) is 0 Å². The van der Waals surface area contributed by atoms with Crippen molar-refractivity contribution in [3.05, 3.63) is 29.8 Å². The molecule has 1 aliphatic carbocycles. The zero-order valence-corrected chi connectivity index (χ0v) is 9.91. The van der Waals surface area contributed by atoms with Gasteiger partial charge in [0.25, 0.3) is 0 Å². The van der Waals surface area contributed by atoms with Crippen molar-refractivity contribution in [2.75, 3.05) is 6.54 Å². The number of halogens is 1. The minimum atomic E-state index is -0.242. The molecule has 0 bridgehead atoms. The van der Waals surface area contributed by atoms with Gasteiger partial charge in [-0.2, -0.15) is 0 Å². The van der Waals surface area contributed by atoms with Gasteiger partial charge >= 0.3 is 0 Å². The van der Waals surface area contributed by atoms with E-state index in [2.05, 4.69) is 24.1 Å². The summed E-state index contributed by atoms with van der Waals surface area (Å²) in [5.41, 5.74) is 0.989. The predicted molar refractivity (Wildman–Crippen MR) is 62.5 cm³/mol. The Morgan fingerprint density at radius 1 is 1.56 bits per heavy atom. The number of hydrogen-bond acceptors (Lipinski definition) is 2. The van der Waals surface area contributed by atoms with Crippen LogP contribution in [0.4, 0.5) is 4.39 Å². The molecule has 0 spiro atoms. The van der Waals surface area contributed by atoms with E-state index in [0.29, 0.717) is 5.92 Å². The smallest absolute Gasteiger partial charge is 0.141 e. The number of rotatable bonds is 5. The van der Waals surface area contributed by atoms with Crippen molar-refractivity contribution in [2.45, 2.75) is 32.7 Å². The van der Waals surface area contributed by atoms with Crippen molar-refractivity contribution in [1.82, 2.24) is 10.3 Å². The quantitative estimate of drug-likeness (QED) is 0.828. The standard InChI is InChI=1S/C13H19FN2/c1-3-4-16-13(12-5-9(12)2)10-6-11(14)8-15-7-10/h6-9,12-13,16H,3-5H2,1-2H3. The first-order chi connectivity index (χ1) is 7.72. The lowest BCUT2D eigenvalue weighted by Crippen LogP contribution is -2.24. The summed E-state index contributed by atoms with van der Waals surface area (Å²) >= 11 is 0. The molecule has 88 valence electrons. The second kappa shape index (κ2) is 4.91. The Kier molecular flexibility index (Phi) is 3.54. The van der Waals surface area contributed by atoms with E-state index < -0.39 is 0 Å². The van der Waals surface area contributed by atoms with Gasteiger partial charge in [0.15, 0.2) is 0 Å². The van der Waals surface area contributed by atoms with Crippen LogP contribution in [0.1, 0.15) is 38.3 Å². The zero-order valence-electron chi connectivity index (χ0n) is 9.91. The van der Waals surface area contributed by atoms with Gasteiger partial charge in [0, 0.05) is 12.2 Å². The summed E-state index contributed by atoms with van der Waals surface area (Å²) in [6.45, 7) is 5.37. The third-order valence-corrected chi connectivity index (χ3v) is 3.30. The lowest BCUT2D eigenvalue weighted by Gasteiger charge is -2.18. The van der Waals surface area contributed by atoms with Crippen LogP contribution in [-0.4, -0.2) is 11.5 Å². The lowest BCUT2D eigenvalue weighted by molar-refractivity contribution is 0.458. The molecule has 3 atom stereocenters. The van der Waals surface area contributed by atoms with E-state index in [1.54, 1.807) is 12.3 Å². The van der Waals surface area contributed by atoms with E-state index in [-0.39, 0.29) is 11.9 Å². The van der Waals surface area contributed by atoms with Crippen LogP contribution in [0.3, 0.4) is 0 Å². The molecule has 1 fully saturated rings. The highest BCUT2D eigenvalue weighted by Crippen LogP contribution is 2.46. The summed E-state index contributed by atoms with van der Waals surface area (Å²) in [7, 11) is 0. The number of aromatic nitrogens is 1. The second-order valence-corrected chi connectivity index (χ2v) is 4.75. The first-order valence-electron chi connectivity index (χ1n) is 6.06. The van der Waals surface area contributed by atoms with E-state index in [4.69, 9.17) is 0 Å². The molecule has 1 aromatic heterocycles. The van der Waals surface area contributed by atoms with Gasteiger partial charge in [-0.1, -0.05) is 13.8 Å². The molecule has 1 N–H and O–H groups in total. The topological polar surface area (TPSA) is 24.9 Å². The largest absolute Gasteiger partial charge is 0.310 e. The minimum absolute atomic E-state index is 0.242. The molecule has 1 aliphatic rings. The number of pyridine rings is 1. The molecule has 2 rings (SSSR count). The van der Waals surface area contributed by atoms with Crippen molar-refractivity contribution in [1.29, 1.82) is 0 Å². The lowest BCUT2D eigenvalue weighted by atomic mass is 10.0. The summed E-state index contributed by atoms with van der Waals surface area (Å²) in [5.74, 6) is 1.15. The molecule has 0 aliphatic heterocycles. The fourth-order valence-corrected chi connectivity index (χ4v) is 2.23. The Bertz CT molecular complexity index is 354. The maximum atomic E-state index is 13.1. The summed E-state index contributed by atoms with van der Waals surface area (Å²) in [4.78, 5) is 3.93. The molecule has 0 amide bonds. The molecule has 1 aromatic rings. The van der Waals surface area contributed by atoms with Crippen LogP contribution in [0.15, 0.2) is 18.5 Å². The van der Waals surface area contributed by atoms with Crippen molar-refractivity contribution in [3.63, 3.8) is 0 Å². The molecule has 3 heteroatoms. The average molecular weight is 222 g/mol. The molecule has 1 saturated carbocycles. The van der Waals surface area contributed by atoms with Crippen LogP contribution in [-0.2, 0) is 0 Å². The highest BCUT2D eigenvalue weighted by Gasteiger charge is 2.39. The van der Waals surface area contributed by atoms with Crippen molar-refractivity contribution in [3.8, 4) is 0 Å². The van der Waals surface area contributed by atoms with Gasteiger partial charge in [0.05, 0.1) is 6.20 Å². The molecule has 2 nitrogen and oxygen atoms in total. The zero-order chi connectivity index (χ0) is 11.5. The summed E-state index contributed by atoms with van der Waals surface area (Å²) < 4.78 is 13.1. The molecule has 0 radical (unpaired) electrons. The fraction of sp³-hybridized carbons (Fsp3) is 0.615. The Morgan fingerprint density at radius 2 is 2.31 bits per heavy atom. The third-order valence-electron chi connectivity index (χ3n) is 3.30. The van der Waals surface area contributed by atoms with Gasteiger partial charge < -0.3 is 5.32 Å². The van der Waals surface area contributed by atoms with Crippen LogP contribution in [0.25, 0.3) is 0 Å². The average Bonchev–Trinajstić information content (AvgIpc) is 2.96. The van der Waals surface area contributed by atoms with Crippen molar-refractivity contribution in [2.24, 2.45) is 11.8 Å². The highest BCUT2D eigenvalue weighted by atomic mass is 19.1. The molecule has 3 unspecified atom stereocenters. The van der Waals surface area contributed by atoms with E-state index in [0.717, 1.165) is 24.4 Å². The van der Waals surface area contributed by atoms with Gasteiger partial charge in [0.2, 0.25) is 0 Å². The van der Waals surface area contributed by atoms with Crippen LogP contribution in [0.2, 0.25) is 0 Å². The SMILES string of the molecule is CCCNC(c1cncc(F)c1)C1CC1C. The first kappa shape index (κ1) is 11.5. The van der Waals surface area contributed by atoms with E-state index in [1.165, 1.54) is 12.6 Å². The molecule has 16 heavy (non-hydrogen) atoms. The number of nitrogens with one attached hydrogen (secondary N) is 1. The van der Waals surface area contributed by atoms with Crippen LogP contribution >= 0.6 is 0 Å². The molecule has 0 aromatic carbocycles. The molecular weight excluding hydrogens is 203 g/mol. The second-order valence-electron chi connectivity index (χ2n) is 4.75. The normalized spacial score (nSPS) is 25.4. The third kappa shape index (κ3) is 2.59. The van der Waals surface area contributed by atoms with Crippen LogP contribution in [0.5, 0.6) is 0 Å². The highest BCUT2D eigenvalue weighted by molar-refractivity contribution is 5.18. The Labute approximate surface area is 96.3 Å². The van der Waals surface area contributed by atoms with Gasteiger partial charge in [0.1, 0.15) is 5.82 Å². The predicted octanol–water partition coefficient (Wildman–Crippen LogP) is 2.92. The van der Waals surface area contributed by atoms with Crippen molar-refractivity contribution >= 4 is 0 Å². The van der Waals surface area contributed by atoms with E-state index in [9.17, 15) is 4.39 Å². The Morgan fingerprint density at radius 3 is 2.88 bits per heavy atom. The monoisotopic (exact) mass is 222 g/mol. The van der Waals surface area contributed by atoms with E-state index in [1.807, 2.05) is 0 Å². The molecule has 0 saturated heterocycles. The van der Waals surface area contributed by atoms with Gasteiger partial charge in [-0.05, 0) is 42.9 Å². The van der Waals surface area contributed by atoms with Crippen LogP contribution in [0, 0.1) is 17.7 Å². The van der Waals surface area contributed by atoms with Gasteiger partial charge in [-0.3, -0.25) is 4.98 Å². The first-order valence-corrected chi connectivity index (χ1v) is 6.06. The van der Waals surface area contributed by atoms with Crippen molar-refractivity contribution < 1.29 is 4.39 Å². The maximum absolute atomic E-state index is 13.1. The maximum Gasteiger partial charge on any atom is 0.141 e. The van der Waals surface area contributed by atoms with Crippen LogP contribution < -0.4 is 5.32 Å². The van der Waals surface area contributed by atoms with Gasteiger partial charge in [-0.25, -0.2) is 4.39 Å². The van der Waals surface area contributed by atoms with E-state index >= 15 is 0 Å². The fourth-order valence-electron chi connectivity index (χ4n) is 2.23. The minimum Gasteiger partial charge on any atom is -0.310 e. The number of nitrogens with zero attached hydrogens (tertiary/aromatic N) is 1. The molecular formula is C13H19FN2. The Hall–Kier alpha value is -0.960. The summed E-state index contributed by atoms with van der Waals surface area (Å²) in [6.07, 6.45) is 5.37. The summed E-state index contributed by atoms with van der Waals surface area (Å²) in [5, 5.41) is 3.50. The summed E-state index contributed by atoms with van der Waals surface area (Å²) in [6, 6.07) is 1.88. The number of hydrogen-bond donors (Lipinski definition) is 1.